The SMILES string of the molecule is CCC(Oc1ccc(Cl)cc1CNC(=O)Cc1c(C)ccn(NCc2cccc(OCc3cnc(Cl)s3)c2)c1=O)C(N)=O. The largest absolute Gasteiger partial charge is 0.488 e. The van der Waals surface area contributed by atoms with Crippen LogP contribution in [0.1, 0.15) is 40.5 Å². The van der Waals surface area contributed by atoms with Crippen molar-refractivity contribution in [3.63, 3.8) is 0 Å². The van der Waals surface area contributed by atoms with Crippen molar-refractivity contribution in [2.45, 2.75) is 52.5 Å². The Morgan fingerprint density at radius 1 is 1.14 bits per heavy atom. The van der Waals surface area contributed by atoms with E-state index in [-0.39, 0.29) is 24.4 Å². The third kappa shape index (κ3) is 8.96. The predicted molar refractivity (Wildman–Crippen MR) is 167 cm³/mol. The third-order valence-corrected chi connectivity index (χ3v) is 7.80. The molecule has 0 radical (unpaired) electrons. The van der Waals surface area contributed by atoms with Gasteiger partial charge in [-0.25, -0.2) is 9.66 Å². The Labute approximate surface area is 262 Å². The van der Waals surface area contributed by atoms with Gasteiger partial charge in [0.1, 0.15) is 18.1 Å². The van der Waals surface area contributed by atoms with Gasteiger partial charge in [0.15, 0.2) is 10.6 Å². The Bertz CT molecular complexity index is 1660. The number of amides is 2. The maximum atomic E-state index is 13.3. The molecule has 0 aliphatic rings. The van der Waals surface area contributed by atoms with Gasteiger partial charge < -0.3 is 25.9 Å². The summed E-state index contributed by atoms with van der Waals surface area (Å²) in [5, 5.41) is 3.25. The van der Waals surface area contributed by atoms with Crippen LogP contribution >= 0.6 is 34.5 Å². The Morgan fingerprint density at radius 3 is 2.67 bits per heavy atom. The van der Waals surface area contributed by atoms with E-state index in [0.29, 0.717) is 57.3 Å². The summed E-state index contributed by atoms with van der Waals surface area (Å²) >= 11 is 13.4. The highest BCUT2D eigenvalue weighted by molar-refractivity contribution is 7.15. The lowest BCUT2D eigenvalue weighted by Gasteiger charge is -2.18. The Balaban J connectivity index is 1.38. The van der Waals surface area contributed by atoms with Gasteiger partial charge in [0.25, 0.3) is 11.5 Å². The van der Waals surface area contributed by atoms with Crippen LogP contribution in [0.5, 0.6) is 11.5 Å². The standard InChI is InChI=1S/C30H31Cl2N5O5S/c1-3-25(28(33)39)42-26-8-7-21(31)12-20(26)15-34-27(38)13-24-18(2)9-10-37(29(24)40)36-14-19-5-4-6-22(11-19)41-17-23-16-35-30(32)43-23/h4-12,16,25,36H,3,13-15,17H2,1-2H3,(H2,33,39)(H,34,38). The van der Waals surface area contributed by atoms with Gasteiger partial charge in [-0.3, -0.25) is 14.4 Å². The molecule has 0 aliphatic heterocycles. The van der Waals surface area contributed by atoms with E-state index in [9.17, 15) is 14.4 Å². The molecular weight excluding hydrogens is 613 g/mol. The number of carbonyl (C=O) groups excluding carboxylic acids is 2. The number of halogens is 2. The number of benzene rings is 2. The number of nitrogens with one attached hydrogen (secondary N) is 2. The fourth-order valence-electron chi connectivity index (χ4n) is 4.15. The van der Waals surface area contributed by atoms with Crippen LogP contribution in [0.4, 0.5) is 0 Å². The molecule has 2 aromatic heterocycles. The molecule has 0 saturated carbocycles. The van der Waals surface area contributed by atoms with Crippen LogP contribution in [0.2, 0.25) is 9.49 Å². The fourth-order valence-corrected chi connectivity index (χ4v) is 5.23. The first kappa shape index (κ1) is 31.9. The Kier molecular flexibility index (Phi) is 11.0. The number of thiazole rings is 1. The Hall–Kier alpha value is -4.06. The van der Waals surface area contributed by atoms with Crippen molar-refractivity contribution in [1.29, 1.82) is 0 Å². The number of hydrogen-bond acceptors (Lipinski definition) is 8. The van der Waals surface area contributed by atoms with Crippen LogP contribution in [0, 0.1) is 6.92 Å². The molecule has 0 spiro atoms. The molecule has 1 unspecified atom stereocenters. The maximum Gasteiger partial charge on any atom is 0.272 e. The summed E-state index contributed by atoms with van der Waals surface area (Å²) in [4.78, 5) is 42.7. The molecular formula is C30H31Cl2N5O5S. The first-order chi connectivity index (χ1) is 20.6. The van der Waals surface area contributed by atoms with E-state index >= 15 is 0 Å². The van der Waals surface area contributed by atoms with Crippen molar-refractivity contribution < 1.29 is 19.1 Å². The fraction of sp³-hybridized carbons (Fsp3) is 0.267. The van der Waals surface area contributed by atoms with Crippen LogP contribution in [0.3, 0.4) is 0 Å². The van der Waals surface area contributed by atoms with Crippen molar-refractivity contribution in [2.75, 3.05) is 5.43 Å². The van der Waals surface area contributed by atoms with Gasteiger partial charge in [0, 0.05) is 35.1 Å². The van der Waals surface area contributed by atoms with Crippen molar-refractivity contribution in [1.82, 2.24) is 15.0 Å². The van der Waals surface area contributed by atoms with Gasteiger partial charge in [-0.2, -0.15) is 0 Å². The van der Waals surface area contributed by atoms with Crippen LogP contribution in [-0.4, -0.2) is 27.6 Å². The summed E-state index contributed by atoms with van der Waals surface area (Å²) in [6, 6.07) is 14.2. The number of nitrogens with two attached hydrogens (primary N) is 1. The summed E-state index contributed by atoms with van der Waals surface area (Å²) < 4.78 is 13.4. The smallest absolute Gasteiger partial charge is 0.272 e. The molecule has 1 atom stereocenters. The minimum Gasteiger partial charge on any atom is -0.488 e. The van der Waals surface area contributed by atoms with Crippen molar-refractivity contribution >= 4 is 46.4 Å². The Morgan fingerprint density at radius 2 is 1.95 bits per heavy atom. The molecule has 0 saturated heterocycles. The van der Waals surface area contributed by atoms with Gasteiger partial charge in [0.2, 0.25) is 5.91 Å². The molecule has 226 valence electrons. The number of nitrogens with zero attached hydrogens (tertiary/aromatic N) is 2. The van der Waals surface area contributed by atoms with E-state index in [2.05, 4.69) is 15.7 Å². The highest BCUT2D eigenvalue weighted by Crippen LogP contribution is 2.25. The number of carbonyl (C=O) groups is 2. The van der Waals surface area contributed by atoms with E-state index in [1.807, 2.05) is 24.3 Å². The summed E-state index contributed by atoms with van der Waals surface area (Å²) in [7, 11) is 0. The van der Waals surface area contributed by atoms with Crippen molar-refractivity contribution in [3.8, 4) is 11.5 Å². The minimum atomic E-state index is -0.813. The van der Waals surface area contributed by atoms with Crippen LogP contribution in [0.25, 0.3) is 0 Å². The van der Waals surface area contributed by atoms with Crippen molar-refractivity contribution in [3.05, 3.63) is 108 Å². The second-order valence-corrected chi connectivity index (χ2v) is 11.8. The lowest BCUT2D eigenvalue weighted by molar-refractivity contribution is -0.125. The molecule has 4 N–H and O–H groups in total. The first-order valence-corrected chi connectivity index (χ1v) is 15.0. The summed E-state index contributed by atoms with van der Waals surface area (Å²) in [6.45, 7) is 4.34. The lowest BCUT2D eigenvalue weighted by Crippen LogP contribution is -2.35. The predicted octanol–water partition coefficient (Wildman–Crippen LogP) is 4.74. The normalized spacial score (nSPS) is 11.5. The quantitative estimate of drug-likeness (QED) is 0.180. The van der Waals surface area contributed by atoms with Crippen LogP contribution in [0.15, 0.2) is 65.7 Å². The zero-order chi connectivity index (χ0) is 30.9. The van der Waals surface area contributed by atoms with E-state index < -0.39 is 12.0 Å². The third-order valence-electron chi connectivity index (χ3n) is 6.48. The molecule has 4 aromatic rings. The molecule has 2 heterocycles. The van der Waals surface area contributed by atoms with Gasteiger partial charge in [-0.15, -0.1) is 11.3 Å². The average molecular weight is 645 g/mol. The van der Waals surface area contributed by atoms with E-state index in [1.54, 1.807) is 50.5 Å². The number of rotatable bonds is 14. The summed E-state index contributed by atoms with van der Waals surface area (Å²) in [6.07, 6.45) is 2.75. The molecule has 2 amide bonds. The number of primary amides is 1. The molecule has 0 aliphatic carbocycles. The second kappa shape index (κ2) is 14.9. The molecule has 43 heavy (non-hydrogen) atoms. The maximum absolute atomic E-state index is 13.3. The number of aromatic nitrogens is 2. The monoisotopic (exact) mass is 643 g/mol. The molecule has 13 heteroatoms. The lowest BCUT2D eigenvalue weighted by atomic mass is 10.1. The molecule has 2 aromatic carbocycles. The minimum absolute atomic E-state index is 0.0801. The van der Waals surface area contributed by atoms with Gasteiger partial charge in [0.05, 0.1) is 17.8 Å². The van der Waals surface area contributed by atoms with Gasteiger partial charge in [-0.05, 0) is 60.9 Å². The highest BCUT2D eigenvalue weighted by Gasteiger charge is 2.18. The van der Waals surface area contributed by atoms with Gasteiger partial charge in [-0.1, -0.05) is 42.3 Å². The number of ether oxygens (including phenoxy) is 2. The van der Waals surface area contributed by atoms with E-state index in [4.69, 9.17) is 38.4 Å². The number of hydrogen-bond donors (Lipinski definition) is 3. The molecule has 0 fully saturated rings. The van der Waals surface area contributed by atoms with E-state index in [1.165, 1.54) is 16.0 Å². The first-order valence-electron chi connectivity index (χ1n) is 13.4. The number of pyridine rings is 1. The summed E-state index contributed by atoms with van der Waals surface area (Å²) in [5.41, 5.74) is 10.7. The zero-order valence-corrected chi connectivity index (χ0v) is 25.9. The zero-order valence-electron chi connectivity index (χ0n) is 23.6. The average Bonchev–Trinajstić information content (AvgIpc) is 3.41. The van der Waals surface area contributed by atoms with Crippen LogP contribution < -0.4 is 31.5 Å². The van der Waals surface area contributed by atoms with Gasteiger partial charge >= 0.3 is 0 Å². The van der Waals surface area contributed by atoms with Crippen molar-refractivity contribution in [2.24, 2.45) is 5.73 Å². The topological polar surface area (TPSA) is 138 Å². The van der Waals surface area contributed by atoms with E-state index in [0.717, 1.165) is 10.4 Å². The number of aryl methyl sites for hydroxylation is 1. The molecule has 10 nitrogen and oxygen atoms in total. The summed E-state index contributed by atoms with van der Waals surface area (Å²) in [5.74, 6) is 0.110. The highest BCUT2D eigenvalue weighted by atomic mass is 35.5. The van der Waals surface area contributed by atoms with Crippen LogP contribution in [-0.2, 0) is 35.7 Å². The molecule has 0 bridgehead atoms. The second-order valence-electron chi connectivity index (χ2n) is 9.63. The molecule has 4 rings (SSSR count).